The van der Waals surface area contributed by atoms with E-state index < -0.39 is 5.63 Å². The molecule has 0 unspecified atom stereocenters. The molecule has 0 saturated carbocycles. The molecule has 0 aliphatic heterocycles. The van der Waals surface area contributed by atoms with Crippen molar-refractivity contribution in [2.24, 2.45) is 0 Å². The number of amides is 1. The van der Waals surface area contributed by atoms with Crippen molar-refractivity contribution >= 4 is 22.6 Å². The van der Waals surface area contributed by atoms with Crippen molar-refractivity contribution < 1.29 is 19.1 Å². The smallest absolute Gasteiger partial charge is 0.340 e. The number of aliphatic hydroxyl groups is 1. The van der Waals surface area contributed by atoms with Crippen LogP contribution in [0, 0.1) is 6.92 Å². The Hall–Kier alpha value is -3.12. The van der Waals surface area contributed by atoms with Crippen molar-refractivity contribution in [3.63, 3.8) is 0 Å². The molecule has 0 saturated heterocycles. The zero-order chi connectivity index (χ0) is 19.4. The van der Waals surface area contributed by atoms with Crippen molar-refractivity contribution in [2.45, 2.75) is 19.8 Å². The molecular formula is C21H21NO5. The molecule has 0 aliphatic carbocycles. The molecule has 1 amide bonds. The minimum absolute atomic E-state index is 0.0749. The summed E-state index contributed by atoms with van der Waals surface area (Å²) in [6.07, 6.45) is 0.491. The predicted molar refractivity (Wildman–Crippen MR) is 103 cm³/mol. The summed E-state index contributed by atoms with van der Waals surface area (Å²) in [5.41, 5.74) is 2.58. The van der Waals surface area contributed by atoms with Gasteiger partial charge in [0.25, 0.3) is 0 Å². The average molecular weight is 367 g/mol. The average Bonchev–Trinajstić information content (AvgIpc) is 2.66. The molecule has 6 heteroatoms. The maximum Gasteiger partial charge on any atom is 0.340 e. The zero-order valence-corrected chi connectivity index (χ0v) is 15.2. The Labute approximate surface area is 156 Å². The van der Waals surface area contributed by atoms with Gasteiger partial charge in [-0.25, -0.2) is 4.79 Å². The third-order valence-corrected chi connectivity index (χ3v) is 4.47. The van der Waals surface area contributed by atoms with E-state index in [1.165, 1.54) is 0 Å². The molecule has 6 nitrogen and oxygen atoms in total. The van der Waals surface area contributed by atoms with Crippen LogP contribution < -0.4 is 15.7 Å². The third-order valence-electron chi connectivity index (χ3n) is 4.47. The van der Waals surface area contributed by atoms with Crippen LogP contribution in [0.2, 0.25) is 0 Å². The lowest BCUT2D eigenvalue weighted by Gasteiger charge is -2.10. The van der Waals surface area contributed by atoms with E-state index >= 15 is 0 Å². The van der Waals surface area contributed by atoms with Gasteiger partial charge in [0.15, 0.2) is 0 Å². The Morgan fingerprint density at radius 2 is 1.93 bits per heavy atom. The van der Waals surface area contributed by atoms with Crippen LogP contribution in [0.25, 0.3) is 11.0 Å². The van der Waals surface area contributed by atoms with E-state index in [4.69, 9.17) is 14.3 Å². The van der Waals surface area contributed by atoms with Crippen LogP contribution >= 0.6 is 0 Å². The summed E-state index contributed by atoms with van der Waals surface area (Å²) in [5, 5.41) is 12.5. The highest BCUT2D eigenvalue weighted by Gasteiger charge is 2.15. The molecule has 0 spiro atoms. The molecule has 0 fully saturated rings. The highest BCUT2D eigenvalue weighted by molar-refractivity contribution is 5.93. The van der Waals surface area contributed by atoms with Crippen LogP contribution in [0.15, 0.2) is 51.7 Å². The summed E-state index contributed by atoms with van der Waals surface area (Å²) in [7, 11) is 1.54. The fourth-order valence-electron chi connectivity index (χ4n) is 2.96. The quantitative estimate of drug-likeness (QED) is 0.654. The third kappa shape index (κ3) is 4.17. The number of aryl methyl sites for hydroxylation is 1. The Bertz CT molecular complexity index is 1020. The first-order valence-corrected chi connectivity index (χ1v) is 8.62. The van der Waals surface area contributed by atoms with Crippen LogP contribution in [0.5, 0.6) is 5.75 Å². The topological polar surface area (TPSA) is 88.8 Å². The van der Waals surface area contributed by atoms with Crippen LogP contribution in [-0.2, 0) is 17.6 Å². The summed E-state index contributed by atoms with van der Waals surface area (Å²) in [6, 6.07) is 12.5. The van der Waals surface area contributed by atoms with Crippen LogP contribution in [0.3, 0.4) is 0 Å². The van der Waals surface area contributed by atoms with Crippen molar-refractivity contribution in [1.29, 1.82) is 0 Å². The molecule has 3 rings (SSSR count). The second-order valence-electron chi connectivity index (χ2n) is 6.25. The van der Waals surface area contributed by atoms with E-state index in [9.17, 15) is 9.59 Å². The number of carbonyl (C=O) groups excluding carboxylic acids is 1. The van der Waals surface area contributed by atoms with Gasteiger partial charge in [0.1, 0.15) is 11.3 Å². The number of nitrogens with one attached hydrogen (secondary N) is 1. The molecule has 2 N–H and O–H groups in total. The molecule has 0 atom stereocenters. The van der Waals surface area contributed by atoms with Gasteiger partial charge in [-0.05, 0) is 48.7 Å². The second kappa shape index (κ2) is 8.05. The number of anilines is 1. The fraction of sp³-hybridized carbons (Fsp3) is 0.238. The number of rotatable bonds is 6. The standard InChI is InChI=1S/C21H21NO5/c1-13-17-8-7-16(26-2)11-19(17)27-21(25)18(13)12-20(24)22-15-5-3-14(4-6-15)9-10-23/h3-8,11,23H,9-10,12H2,1-2H3,(H,22,24). The number of hydrogen-bond donors (Lipinski definition) is 2. The molecule has 0 radical (unpaired) electrons. The highest BCUT2D eigenvalue weighted by Crippen LogP contribution is 2.24. The van der Waals surface area contributed by atoms with E-state index in [1.807, 2.05) is 18.2 Å². The Kier molecular flexibility index (Phi) is 5.57. The van der Waals surface area contributed by atoms with Gasteiger partial charge < -0.3 is 19.6 Å². The number of aliphatic hydroxyl groups excluding tert-OH is 1. The Morgan fingerprint density at radius 1 is 1.19 bits per heavy atom. The van der Waals surface area contributed by atoms with Gasteiger partial charge in [0, 0.05) is 23.7 Å². The van der Waals surface area contributed by atoms with Gasteiger partial charge >= 0.3 is 5.63 Å². The van der Waals surface area contributed by atoms with Gasteiger partial charge in [-0.15, -0.1) is 0 Å². The lowest BCUT2D eigenvalue weighted by molar-refractivity contribution is -0.115. The predicted octanol–water partition coefficient (Wildman–Crippen LogP) is 2.83. The zero-order valence-electron chi connectivity index (χ0n) is 15.2. The number of fused-ring (bicyclic) bond motifs is 1. The molecule has 3 aromatic rings. The first-order valence-electron chi connectivity index (χ1n) is 8.62. The normalized spacial score (nSPS) is 10.8. The van der Waals surface area contributed by atoms with Crippen molar-refractivity contribution in [2.75, 3.05) is 19.0 Å². The van der Waals surface area contributed by atoms with E-state index in [1.54, 1.807) is 38.3 Å². The van der Waals surface area contributed by atoms with Crippen LogP contribution in [-0.4, -0.2) is 24.7 Å². The van der Waals surface area contributed by atoms with E-state index in [0.29, 0.717) is 29.0 Å². The second-order valence-corrected chi connectivity index (χ2v) is 6.25. The van der Waals surface area contributed by atoms with Gasteiger partial charge in [0.2, 0.25) is 5.91 Å². The minimum Gasteiger partial charge on any atom is -0.497 e. The molecule has 27 heavy (non-hydrogen) atoms. The van der Waals surface area contributed by atoms with Gasteiger partial charge in [0.05, 0.1) is 19.1 Å². The van der Waals surface area contributed by atoms with E-state index in [0.717, 1.165) is 16.5 Å². The summed E-state index contributed by atoms with van der Waals surface area (Å²) in [6.45, 7) is 1.88. The Balaban J connectivity index is 1.81. The number of methoxy groups -OCH3 is 1. The molecule has 140 valence electrons. The van der Waals surface area contributed by atoms with Crippen molar-refractivity contribution in [1.82, 2.24) is 0 Å². The summed E-state index contributed by atoms with van der Waals surface area (Å²) in [4.78, 5) is 24.7. The molecule has 2 aromatic carbocycles. The number of benzene rings is 2. The van der Waals surface area contributed by atoms with Gasteiger partial charge in [-0.1, -0.05) is 12.1 Å². The van der Waals surface area contributed by atoms with Gasteiger partial charge in [-0.2, -0.15) is 0 Å². The number of carbonyl (C=O) groups is 1. The van der Waals surface area contributed by atoms with E-state index in [2.05, 4.69) is 5.32 Å². The van der Waals surface area contributed by atoms with Crippen molar-refractivity contribution in [3.05, 3.63) is 69.6 Å². The number of ether oxygens (including phenoxy) is 1. The van der Waals surface area contributed by atoms with Crippen LogP contribution in [0.1, 0.15) is 16.7 Å². The van der Waals surface area contributed by atoms with Gasteiger partial charge in [-0.3, -0.25) is 4.79 Å². The van der Waals surface area contributed by atoms with Crippen molar-refractivity contribution in [3.8, 4) is 5.75 Å². The largest absolute Gasteiger partial charge is 0.497 e. The fourth-order valence-corrected chi connectivity index (χ4v) is 2.96. The molecule has 1 heterocycles. The monoisotopic (exact) mass is 367 g/mol. The van der Waals surface area contributed by atoms with E-state index in [-0.39, 0.29) is 18.9 Å². The summed E-state index contributed by atoms with van der Waals surface area (Å²) >= 11 is 0. The molecule has 1 aromatic heterocycles. The first kappa shape index (κ1) is 18.7. The highest BCUT2D eigenvalue weighted by atomic mass is 16.5. The lowest BCUT2D eigenvalue weighted by Crippen LogP contribution is -2.20. The van der Waals surface area contributed by atoms with Crippen LogP contribution in [0.4, 0.5) is 5.69 Å². The summed E-state index contributed by atoms with van der Waals surface area (Å²) in [5.74, 6) is 0.299. The molecule has 0 bridgehead atoms. The lowest BCUT2D eigenvalue weighted by atomic mass is 10.0. The number of hydrogen-bond acceptors (Lipinski definition) is 5. The minimum atomic E-state index is -0.526. The first-order chi connectivity index (χ1) is 13.0. The SMILES string of the molecule is COc1ccc2c(C)c(CC(=O)Nc3ccc(CCO)cc3)c(=O)oc2c1. The maximum absolute atomic E-state index is 12.4. The summed E-state index contributed by atoms with van der Waals surface area (Å²) < 4.78 is 10.5. The Morgan fingerprint density at radius 3 is 2.59 bits per heavy atom. The molecule has 0 aliphatic rings. The molecular weight excluding hydrogens is 346 g/mol. The maximum atomic E-state index is 12.4.